The third-order valence-electron chi connectivity index (χ3n) is 6.86. The summed E-state index contributed by atoms with van der Waals surface area (Å²) in [4.78, 5) is 2.32. The number of benzene rings is 6. The molecule has 0 aliphatic rings. The lowest BCUT2D eigenvalue weighted by Gasteiger charge is -2.26. The predicted molar refractivity (Wildman–Crippen MR) is 159 cm³/mol. The molecule has 0 heterocycles. The van der Waals surface area contributed by atoms with Crippen LogP contribution in [0.2, 0.25) is 0 Å². The van der Waals surface area contributed by atoms with Gasteiger partial charge in [0.25, 0.3) is 0 Å². The minimum Gasteiger partial charge on any atom is -0.311 e. The first-order valence-electron chi connectivity index (χ1n) is 12.2. The molecule has 0 bridgehead atoms. The fourth-order valence-corrected chi connectivity index (χ4v) is 5.69. The van der Waals surface area contributed by atoms with Crippen molar-refractivity contribution < 1.29 is 0 Å². The predicted octanol–water partition coefficient (Wildman–Crippen LogP) is 10.5. The summed E-state index contributed by atoms with van der Waals surface area (Å²) >= 11 is 3.87. The average Bonchev–Trinajstić information content (AvgIpc) is 2.92. The van der Waals surface area contributed by atoms with E-state index in [2.05, 4.69) is 156 Å². The van der Waals surface area contributed by atoms with Crippen LogP contribution in [0, 0.1) is 13.8 Å². The highest BCUT2D eigenvalue weighted by molar-refractivity contribution is 9.10. The van der Waals surface area contributed by atoms with Crippen LogP contribution in [0.4, 0.5) is 17.1 Å². The molecule has 0 aromatic heterocycles. The molecule has 0 N–H and O–H groups in total. The maximum absolute atomic E-state index is 3.87. The topological polar surface area (TPSA) is 3.24 Å². The lowest BCUT2D eigenvalue weighted by molar-refractivity contribution is 1.27. The second kappa shape index (κ2) is 9.29. The number of anilines is 3. The molecule has 0 saturated carbocycles. The molecule has 0 amide bonds. The Morgan fingerprint density at radius 1 is 0.444 bits per heavy atom. The molecule has 0 fully saturated rings. The normalized spacial score (nSPS) is 11.2. The standard InChI is InChI=1S/C34H26BrN/c1-23-11-17-26(18-12-23)36(27-19-13-24(2)14-20-27)28-21-15-25(16-22-28)33-29-7-3-5-9-31(29)34(35)32-10-6-4-8-30(32)33/h3-22H,1-2H3. The smallest absolute Gasteiger partial charge is 0.0462 e. The number of rotatable bonds is 4. The van der Waals surface area contributed by atoms with Gasteiger partial charge in [0.2, 0.25) is 0 Å². The van der Waals surface area contributed by atoms with Gasteiger partial charge in [-0.15, -0.1) is 0 Å². The minimum atomic E-state index is 1.14. The summed E-state index contributed by atoms with van der Waals surface area (Å²) in [5, 5.41) is 4.97. The van der Waals surface area contributed by atoms with Crippen molar-refractivity contribution in [2.24, 2.45) is 0 Å². The molecule has 0 saturated heterocycles. The van der Waals surface area contributed by atoms with Crippen molar-refractivity contribution in [1.82, 2.24) is 0 Å². The molecule has 0 aliphatic carbocycles. The zero-order valence-corrected chi connectivity index (χ0v) is 22.0. The van der Waals surface area contributed by atoms with E-state index < -0.39 is 0 Å². The largest absolute Gasteiger partial charge is 0.311 e. The van der Waals surface area contributed by atoms with E-state index in [1.807, 2.05) is 0 Å². The Morgan fingerprint density at radius 2 is 0.806 bits per heavy atom. The molecule has 0 radical (unpaired) electrons. The Hall–Kier alpha value is -3.88. The molecular formula is C34H26BrN. The summed E-state index contributed by atoms with van der Waals surface area (Å²) in [6.45, 7) is 4.25. The maximum atomic E-state index is 3.87. The average molecular weight is 528 g/mol. The highest BCUT2D eigenvalue weighted by Gasteiger charge is 2.16. The summed E-state index contributed by atoms with van der Waals surface area (Å²) in [6, 6.07) is 43.7. The van der Waals surface area contributed by atoms with E-state index >= 15 is 0 Å². The van der Waals surface area contributed by atoms with Gasteiger partial charge < -0.3 is 4.90 Å². The maximum Gasteiger partial charge on any atom is 0.0462 e. The Labute approximate surface area is 220 Å². The van der Waals surface area contributed by atoms with Gasteiger partial charge in [-0.05, 0) is 98.8 Å². The van der Waals surface area contributed by atoms with Crippen molar-refractivity contribution in [3.05, 3.63) is 137 Å². The molecule has 0 aliphatic heterocycles. The van der Waals surface area contributed by atoms with Crippen LogP contribution in [0.25, 0.3) is 32.7 Å². The Morgan fingerprint density at radius 3 is 1.22 bits per heavy atom. The number of hydrogen-bond donors (Lipinski definition) is 0. The molecule has 0 unspecified atom stereocenters. The highest BCUT2D eigenvalue weighted by atomic mass is 79.9. The van der Waals surface area contributed by atoms with E-state index in [1.165, 1.54) is 43.8 Å². The fraction of sp³-hybridized carbons (Fsp3) is 0.0588. The zero-order chi connectivity index (χ0) is 24.6. The molecule has 6 aromatic carbocycles. The van der Waals surface area contributed by atoms with Crippen LogP contribution in [-0.4, -0.2) is 0 Å². The van der Waals surface area contributed by atoms with Gasteiger partial charge in [0.05, 0.1) is 0 Å². The van der Waals surface area contributed by atoms with Gasteiger partial charge in [0, 0.05) is 21.5 Å². The summed E-state index contributed by atoms with van der Waals surface area (Å²) in [7, 11) is 0. The van der Waals surface area contributed by atoms with E-state index in [-0.39, 0.29) is 0 Å². The molecule has 1 nitrogen and oxygen atoms in total. The number of hydrogen-bond acceptors (Lipinski definition) is 1. The van der Waals surface area contributed by atoms with Crippen LogP contribution in [0.5, 0.6) is 0 Å². The van der Waals surface area contributed by atoms with Crippen molar-refractivity contribution in [2.75, 3.05) is 4.90 Å². The van der Waals surface area contributed by atoms with E-state index in [0.717, 1.165) is 21.5 Å². The Balaban J connectivity index is 1.52. The third-order valence-corrected chi connectivity index (χ3v) is 7.72. The number of fused-ring (bicyclic) bond motifs is 2. The molecule has 0 spiro atoms. The monoisotopic (exact) mass is 527 g/mol. The lowest BCUT2D eigenvalue weighted by atomic mass is 9.92. The van der Waals surface area contributed by atoms with Gasteiger partial charge in [-0.25, -0.2) is 0 Å². The summed E-state index contributed by atoms with van der Waals surface area (Å²) in [6.07, 6.45) is 0. The van der Waals surface area contributed by atoms with Gasteiger partial charge in [-0.2, -0.15) is 0 Å². The minimum absolute atomic E-state index is 1.14. The SMILES string of the molecule is Cc1ccc(N(c2ccc(C)cc2)c2ccc(-c3c4ccccc4c(Br)c4ccccc34)cc2)cc1. The fourth-order valence-electron chi connectivity index (χ4n) is 5.00. The van der Waals surface area contributed by atoms with E-state index in [1.54, 1.807) is 0 Å². The Kier molecular flexibility index (Phi) is 5.83. The highest BCUT2D eigenvalue weighted by Crippen LogP contribution is 2.42. The van der Waals surface area contributed by atoms with Crippen molar-refractivity contribution in [2.45, 2.75) is 13.8 Å². The number of halogens is 1. The van der Waals surface area contributed by atoms with Crippen molar-refractivity contribution in [3.8, 4) is 11.1 Å². The van der Waals surface area contributed by atoms with Crippen LogP contribution < -0.4 is 4.90 Å². The van der Waals surface area contributed by atoms with Crippen LogP contribution in [0.3, 0.4) is 0 Å². The summed E-state index contributed by atoms with van der Waals surface area (Å²) in [5.74, 6) is 0. The second-order valence-corrected chi connectivity index (χ2v) is 10.1. The van der Waals surface area contributed by atoms with Crippen LogP contribution in [0.1, 0.15) is 11.1 Å². The lowest BCUT2D eigenvalue weighted by Crippen LogP contribution is -2.09. The molecule has 6 aromatic rings. The second-order valence-electron chi connectivity index (χ2n) is 9.33. The van der Waals surface area contributed by atoms with Crippen molar-refractivity contribution >= 4 is 54.5 Å². The van der Waals surface area contributed by atoms with Crippen molar-refractivity contribution in [1.29, 1.82) is 0 Å². The quantitative estimate of drug-likeness (QED) is 0.206. The molecular weight excluding hydrogens is 502 g/mol. The summed E-state index contributed by atoms with van der Waals surface area (Å²) in [5.41, 5.74) is 8.43. The first-order valence-corrected chi connectivity index (χ1v) is 13.0. The van der Waals surface area contributed by atoms with Gasteiger partial charge in [0.15, 0.2) is 0 Å². The first kappa shape index (κ1) is 22.6. The molecule has 174 valence electrons. The van der Waals surface area contributed by atoms with Gasteiger partial charge >= 0.3 is 0 Å². The van der Waals surface area contributed by atoms with Crippen LogP contribution >= 0.6 is 15.9 Å². The van der Waals surface area contributed by atoms with Gasteiger partial charge in [-0.1, -0.05) is 96.1 Å². The molecule has 36 heavy (non-hydrogen) atoms. The third kappa shape index (κ3) is 3.98. The van der Waals surface area contributed by atoms with E-state index in [0.29, 0.717) is 0 Å². The van der Waals surface area contributed by atoms with Gasteiger partial charge in [-0.3, -0.25) is 0 Å². The van der Waals surface area contributed by atoms with E-state index in [9.17, 15) is 0 Å². The molecule has 6 rings (SSSR count). The number of nitrogens with zero attached hydrogens (tertiary/aromatic N) is 1. The molecule has 0 atom stereocenters. The van der Waals surface area contributed by atoms with Crippen LogP contribution in [-0.2, 0) is 0 Å². The van der Waals surface area contributed by atoms with Crippen molar-refractivity contribution in [3.63, 3.8) is 0 Å². The number of aryl methyl sites for hydroxylation is 2. The van der Waals surface area contributed by atoms with E-state index in [4.69, 9.17) is 0 Å². The molecule has 2 heteroatoms. The zero-order valence-electron chi connectivity index (χ0n) is 20.4. The Bertz CT molecular complexity index is 1580. The van der Waals surface area contributed by atoms with Crippen LogP contribution in [0.15, 0.2) is 126 Å². The summed E-state index contributed by atoms with van der Waals surface area (Å²) < 4.78 is 1.15. The van der Waals surface area contributed by atoms with Gasteiger partial charge in [0.1, 0.15) is 0 Å². The first-order chi connectivity index (χ1) is 17.6.